The fourth-order valence-electron chi connectivity index (χ4n) is 2.85. The molecule has 0 amide bonds. The van der Waals surface area contributed by atoms with Crippen LogP contribution in [0, 0.1) is 27.7 Å². The van der Waals surface area contributed by atoms with E-state index in [1.165, 1.54) is 0 Å². The minimum Gasteiger partial charge on any atom is -0.326 e. The second-order valence-corrected chi connectivity index (χ2v) is 5.34. The fraction of sp³-hybridized carbons (Fsp3) is 0.312. The first-order valence-corrected chi connectivity index (χ1v) is 7.02. The Morgan fingerprint density at radius 1 is 1.14 bits per heavy atom. The fourth-order valence-corrected chi connectivity index (χ4v) is 2.85. The summed E-state index contributed by atoms with van der Waals surface area (Å²) in [6.07, 6.45) is 1.78. The number of hydrogen-bond donors (Lipinski definition) is 1. The number of pyridine rings is 2. The molecule has 21 heavy (non-hydrogen) atoms. The lowest BCUT2D eigenvalue weighted by atomic mass is 10.0. The summed E-state index contributed by atoms with van der Waals surface area (Å²) in [6.45, 7) is 8.60. The van der Waals surface area contributed by atoms with Crippen molar-refractivity contribution >= 4 is 11.0 Å². The molecule has 5 heteroatoms. The van der Waals surface area contributed by atoms with Crippen LogP contribution in [0.5, 0.6) is 0 Å². The molecule has 0 unspecified atom stereocenters. The lowest BCUT2D eigenvalue weighted by molar-refractivity contribution is 0.836. The number of nitrogens with zero attached hydrogens (tertiary/aromatic N) is 4. The molecule has 3 aromatic heterocycles. The van der Waals surface area contributed by atoms with Crippen molar-refractivity contribution in [1.82, 2.24) is 19.7 Å². The van der Waals surface area contributed by atoms with Gasteiger partial charge in [0.1, 0.15) is 0 Å². The first kappa shape index (κ1) is 13.7. The molecule has 0 fully saturated rings. The van der Waals surface area contributed by atoms with E-state index >= 15 is 0 Å². The van der Waals surface area contributed by atoms with Crippen LogP contribution in [0.2, 0.25) is 0 Å². The van der Waals surface area contributed by atoms with Crippen molar-refractivity contribution in [3.05, 3.63) is 46.4 Å². The van der Waals surface area contributed by atoms with Gasteiger partial charge < -0.3 is 5.73 Å². The Morgan fingerprint density at radius 3 is 2.57 bits per heavy atom. The molecule has 5 nitrogen and oxygen atoms in total. The summed E-state index contributed by atoms with van der Waals surface area (Å²) in [4.78, 5) is 9.18. The molecule has 3 heterocycles. The van der Waals surface area contributed by atoms with Gasteiger partial charge in [0.05, 0.1) is 5.69 Å². The van der Waals surface area contributed by atoms with E-state index in [0.29, 0.717) is 6.54 Å². The van der Waals surface area contributed by atoms with E-state index in [4.69, 9.17) is 10.7 Å². The number of hydrogen-bond acceptors (Lipinski definition) is 4. The molecule has 0 atom stereocenters. The van der Waals surface area contributed by atoms with Gasteiger partial charge in [-0.05, 0) is 50.5 Å². The van der Waals surface area contributed by atoms with Crippen molar-refractivity contribution in [2.24, 2.45) is 5.73 Å². The summed E-state index contributed by atoms with van der Waals surface area (Å²) in [5.74, 6) is 0.822. The van der Waals surface area contributed by atoms with Gasteiger partial charge in [-0.1, -0.05) is 6.07 Å². The number of fused-ring (bicyclic) bond motifs is 1. The van der Waals surface area contributed by atoms with Crippen molar-refractivity contribution in [1.29, 1.82) is 0 Å². The second-order valence-electron chi connectivity index (χ2n) is 5.34. The molecule has 0 spiro atoms. The highest BCUT2D eigenvalue weighted by Crippen LogP contribution is 2.27. The van der Waals surface area contributed by atoms with Gasteiger partial charge in [0.15, 0.2) is 11.5 Å². The summed E-state index contributed by atoms with van der Waals surface area (Å²) in [5, 5.41) is 5.72. The minimum absolute atomic E-state index is 0.494. The van der Waals surface area contributed by atoms with Crippen LogP contribution in [-0.2, 0) is 6.54 Å². The number of aryl methyl sites for hydroxylation is 4. The molecule has 0 radical (unpaired) electrons. The van der Waals surface area contributed by atoms with E-state index in [1.807, 2.05) is 37.6 Å². The van der Waals surface area contributed by atoms with Gasteiger partial charge in [-0.2, -0.15) is 9.78 Å². The average Bonchev–Trinajstić information content (AvgIpc) is 2.76. The zero-order valence-electron chi connectivity index (χ0n) is 12.8. The zero-order valence-corrected chi connectivity index (χ0v) is 12.8. The van der Waals surface area contributed by atoms with Crippen molar-refractivity contribution in [2.75, 3.05) is 0 Å². The van der Waals surface area contributed by atoms with Crippen LogP contribution in [0.25, 0.3) is 16.9 Å². The van der Waals surface area contributed by atoms with Crippen molar-refractivity contribution < 1.29 is 0 Å². The second kappa shape index (κ2) is 4.93. The lowest BCUT2D eigenvalue weighted by Gasteiger charge is -2.10. The van der Waals surface area contributed by atoms with E-state index in [-0.39, 0.29) is 0 Å². The minimum atomic E-state index is 0.494. The smallest absolute Gasteiger partial charge is 0.165 e. The van der Waals surface area contributed by atoms with Gasteiger partial charge in [0.2, 0.25) is 0 Å². The van der Waals surface area contributed by atoms with E-state index in [0.717, 1.165) is 44.9 Å². The van der Waals surface area contributed by atoms with Crippen LogP contribution in [0.3, 0.4) is 0 Å². The molecule has 0 aromatic carbocycles. The molecule has 3 aromatic rings. The van der Waals surface area contributed by atoms with Gasteiger partial charge >= 0.3 is 0 Å². The van der Waals surface area contributed by atoms with Gasteiger partial charge in [0.25, 0.3) is 0 Å². The monoisotopic (exact) mass is 281 g/mol. The highest BCUT2D eigenvalue weighted by Gasteiger charge is 2.17. The van der Waals surface area contributed by atoms with Crippen LogP contribution < -0.4 is 5.73 Å². The predicted octanol–water partition coefficient (Wildman–Crippen LogP) is 2.51. The Morgan fingerprint density at radius 2 is 1.90 bits per heavy atom. The first-order chi connectivity index (χ1) is 10.0. The quantitative estimate of drug-likeness (QED) is 0.783. The first-order valence-electron chi connectivity index (χ1n) is 7.02. The highest BCUT2D eigenvalue weighted by atomic mass is 15.3. The standard InChI is InChI=1S/C16H19N5/c1-9-6-5-7-18-15(9)21-16-14(12(4)20-21)10(2)13(8-17)11(3)19-16/h5-7H,8,17H2,1-4H3. The normalized spacial score (nSPS) is 11.3. The topological polar surface area (TPSA) is 69.6 Å². The van der Waals surface area contributed by atoms with Crippen LogP contribution >= 0.6 is 0 Å². The maximum Gasteiger partial charge on any atom is 0.165 e. The highest BCUT2D eigenvalue weighted by molar-refractivity contribution is 5.84. The Labute approximate surface area is 123 Å². The molecular weight excluding hydrogens is 262 g/mol. The van der Waals surface area contributed by atoms with Crippen molar-refractivity contribution in [2.45, 2.75) is 34.2 Å². The van der Waals surface area contributed by atoms with Crippen LogP contribution in [-0.4, -0.2) is 19.7 Å². The summed E-state index contributed by atoms with van der Waals surface area (Å²) in [7, 11) is 0. The number of aromatic nitrogens is 4. The van der Waals surface area contributed by atoms with Crippen LogP contribution in [0.15, 0.2) is 18.3 Å². The summed E-state index contributed by atoms with van der Waals surface area (Å²) < 4.78 is 1.83. The maximum absolute atomic E-state index is 5.86. The maximum atomic E-state index is 5.86. The van der Waals surface area contributed by atoms with E-state index in [9.17, 15) is 0 Å². The Hall–Kier alpha value is -2.27. The van der Waals surface area contributed by atoms with Crippen LogP contribution in [0.4, 0.5) is 0 Å². The molecule has 0 saturated carbocycles. The average molecular weight is 281 g/mol. The third-order valence-corrected chi connectivity index (χ3v) is 3.96. The third-order valence-electron chi connectivity index (χ3n) is 3.96. The Bertz CT molecular complexity index is 832. The van der Waals surface area contributed by atoms with Gasteiger partial charge in [0, 0.05) is 23.8 Å². The molecular formula is C16H19N5. The SMILES string of the molecule is Cc1cccnc1-n1nc(C)c2c(C)c(CN)c(C)nc21. The molecule has 3 rings (SSSR count). The number of rotatable bonds is 2. The Kier molecular flexibility index (Phi) is 3.22. The zero-order chi connectivity index (χ0) is 15.1. The summed E-state index contributed by atoms with van der Waals surface area (Å²) in [6, 6.07) is 3.95. The van der Waals surface area contributed by atoms with E-state index in [2.05, 4.69) is 17.0 Å². The molecule has 108 valence electrons. The van der Waals surface area contributed by atoms with Gasteiger partial charge in [-0.25, -0.2) is 9.97 Å². The van der Waals surface area contributed by atoms with E-state index in [1.54, 1.807) is 6.20 Å². The molecule has 0 bridgehead atoms. The third kappa shape index (κ3) is 2.01. The van der Waals surface area contributed by atoms with Gasteiger partial charge in [-0.15, -0.1) is 0 Å². The van der Waals surface area contributed by atoms with Gasteiger partial charge in [-0.3, -0.25) is 0 Å². The lowest BCUT2D eigenvalue weighted by Crippen LogP contribution is -2.07. The molecule has 0 aliphatic heterocycles. The summed E-state index contributed by atoms with van der Waals surface area (Å²) >= 11 is 0. The molecule has 0 aliphatic carbocycles. The summed E-state index contributed by atoms with van der Waals surface area (Å²) in [5.41, 5.74) is 11.9. The molecule has 2 N–H and O–H groups in total. The van der Waals surface area contributed by atoms with Crippen molar-refractivity contribution in [3.8, 4) is 5.82 Å². The van der Waals surface area contributed by atoms with Crippen LogP contribution in [0.1, 0.15) is 28.1 Å². The van der Waals surface area contributed by atoms with Crippen molar-refractivity contribution in [3.63, 3.8) is 0 Å². The van der Waals surface area contributed by atoms with E-state index < -0.39 is 0 Å². The molecule has 0 saturated heterocycles. The molecule has 0 aliphatic rings. The largest absolute Gasteiger partial charge is 0.326 e. The number of nitrogens with two attached hydrogens (primary N) is 1. The Balaban J connectivity index is 2.40. The predicted molar refractivity (Wildman–Crippen MR) is 83.5 cm³/mol.